The van der Waals surface area contributed by atoms with Crippen LogP contribution in [-0.2, 0) is 4.74 Å². The molecule has 0 aliphatic carbocycles. The van der Waals surface area contributed by atoms with Crippen LogP contribution in [0.1, 0.15) is 10.4 Å². The molecule has 2 aromatic heterocycles. The molecule has 10 nitrogen and oxygen atoms in total. The number of ether oxygens (including phenoxy) is 1. The number of hydrogen-bond donors (Lipinski definition) is 2. The van der Waals surface area contributed by atoms with E-state index in [1.807, 2.05) is 0 Å². The third kappa shape index (κ3) is 3.17. The minimum absolute atomic E-state index is 0.0485. The van der Waals surface area contributed by atoms with Crippen molar-refractivity contribution in [2.45, 2.75) is 0 Å². The fourth-order valence-corrected chi connectivity index (χ4v) is 2.61. The Labute approximate surface area is 147 Å². The number of aromatic nitrogens is 3. The lowest BCUT2D eigenvalue weighted by atomic mass is 10.0. The van der Waals surface area contributed by atoms with Crippen LogP contribution in [0.25, 0.3) is 16.6 Å². The van der Waals surface area contributed by atoms with Crippen LogP contribution >= 0.6 is 0 Å². The second kappa shape index (κ2) is 7.15. The van der Waals surface area contributed by atoms with E-state index in [1.54, 1.807) is 18.3 Å². The van der Waals surface area contributed by atoms with Crippen molar-refractivity contribution in [1.29, 1.82) is 0 Å². The van der Waals surface area contributed by atoms with Crippen LogP contribution in [-0.4, -0.2) is 45.7 Å². The molecule has 0 saturated heterocycles. The van der Waals surface area contributed by atoms with Crippen LogP contribution in [0.5, 0.6) is 0 Å². The van der Waals surface area contributed by atoms with Gasteiger partial charge in [0, 0.05) is 37.5 Å². The van der Waals surface area contributed by atoms with Crippen LogP contribution in [0, 0.1) is 10.1 Å². The van der Waals surface area contributed by atoms with Gasteiger partial charge in [0.2, 0.25) is 0 Å². The number of amides is 1. The fraction of sp³-hybridized carbons (Fsp3) is 0.188. The van der Waals surface area contributed by atoms with Crippen molar-refractivity contribution in [3.8, 4) is 11.1 Å². The first-order valence-corrected chi connectivity index (χ1v) is 7.66. The van der Waals surface area contributed by atoms with Gasteiger partial charge >= 0.3 is 0 Å². The number of nitrogens with zero attached hydrogens (tertiary/aromatic N) is 4. The number of fused-ring (bicyclic) bond motifs is 1. The molecule has 3 rings (SSSR count). The SMILES string of the molecule is COCCNC(=O)c1cn2ncnc(N)c2c1-c1ccc([N+](=O)[O-])cc1. The van der Waals surface area contributed by atoms with E-state index in [4.69, 9.17) is 10.5 Å². The minimum Gasteiger partial charge on any atom is -0.383 e. The van der Waals surface area contributed by atoms with Gasteiger partial charge < -0.3 is 15.8 Å². The third-order valence-electron chi connectivity index (χ3n) is 3.81. The Morgan fingerprint density at radius 2 is 2.12 bits per heavy atom. The molecule has 0 aliphatic rings. The van der Waals surface area contributed by atoms with Crippen molar-refractivity contribution in [2.24, 2.45) is 0 Å². The highest BCUT2D eigenvalue weighted by molar-refractivity contribution is 6.07. The topological polar surface area (TPSA) is 138 Å². The number of nitro benzene ring substituents is 1. The highest BCUT2D eigenvalue weighted by Gasteiger charge is 2.21. The van der Waals surface area contributed by atoms with Crippen LogP contribution < -0.4 is 11.1 Å². The predicted molar refractivity (Wildman–Crippen MR) is 93.7 cm³/mol. The summed E-state index contributed by atoms with van der Waals surface area (Å²) in [6, 6.07) is 5.86. The summed E-state index contributed by atoms with van der Waals surface area (Å²) in [6.45, 7) is 0.705. The van der Waals surface area contributed by atoms with Gasteiger partial charge in [-0.1, -0.05) is 0 Å². The number of carbonyl (C=O) groups excluding carboxylic acids is 1. The highest BCUT2D eigenvalue weighted by Crippen LogP contribution is 2.33. The van der Waals surface area contributed by atoms with Crippen molar-refractivity contribution >= 4 is 22.9 Å². The summed E-state index contributed by atoms with van der Waals surface area (Å²) in [4.78, 5) is 26.9. The first-order chi connectivity index (χ1) is 12.5. The number of rotatable bonds is 6. The summed E-state index contributed by atoms with van der Waals surface area (Å²) in [5, 5.41) is 17.7. The molecule has 0 saturated carbocycles. The summed E-state index contributed by atoms with van der Waals surface area (Å²) in [7, 11) is 1.54. The van der Waals surface area contributed by atoms with E-state index in [-0.39, 0.29) is 17.4 Å². The monoisotopic (exact) mass is 356 g/mol. The number of nitrogens with two attached hydrogens (primary N) is 1. The molecule has 1 aromatic carbocycles. The van der Waals surface area contributed by atoms with Crippen molar-refractivity contribution < 1.29 is 14.5 Å². The zero-order valence-electron chi connectivity index (χ0n) is 13.9. The lowest BCUT2D eigenvalue weighted by Gasteiger charge is -2.07. The lowest BCUT2D eigenvalue weighted by molar-refractivity contribution is -0.384. The van der Waals surface area contributed by atoms with E-state index in [0.29, 0.717) is 35.4 Å². The van der Waals surface area contributed by atoms with E-state index >= 15 is 0 Å². The van der Waals surface area contributed by atoms with Crippen LogP contribution in [0.15, 0.2) is 36.8 Å². The van der Waals surface area contributed by atoms with Crippen molar-refractivity contribution in [1.82, 2.24) is 19.9 Å². The van der Waals surface area contributed by atoms with Crippen molar-refractivity contribution in [3.05, 3.63) is 52.5 Å². The lowest BCUT2D eigenvalue weighted by Crippen LogP contribution is -2.27. The molecule has 0 aliphatic heterocycles. The fourth-order valence-electron chi connectivity index (χ4n) is 2.61. The molecule has 0 spiro atoms. The predicted octanol–water partition coefficient (Wildman–Crippen LogP) is 1.26. The van der Waals surface area contributed by atoms with Gasteiger partial charge in [-0.25, -0.2) is 9.50 Å². The van der Waals surface area contributed by atoms with Crippen LogP contribution in [0.2, 0.25) is 0 Å². The molecule has 0 radical (unpaired) electrons. The van der Waals surface area contributed by atoms with Crippen molar-refractivity contribution in [2.75, 3.05) is 26.0 Å². The summed E-state index contributed by atoms with van der Waals surface area (Å²) in [5.41, 5.74) is 7.82. The normalized spacial score (nSPS) is 10.8. The zero-order chi connectivity index (χ0) is 18.7. The highest BCUT2D eigenvalue weighted by atomic mass is 16.6. The van der Waals surface area contributed by atoms with Crippen LogP contribution in [0.4, 0.5) is 11.5 Å². The van der Waals surface area contributed by atoms with Gasteiger partial charge in [-0.2, -0.15) is 5.10 Å². The molecule has 0 unspecified atom stereocenters. The summed E-state index contributed by atoms with van der Waals surface area (Å²) >= 11 is 0. The maximum absolute atomic E-state index is 12.6. The van der Waals surface area contributed by atoms with E-state index in [9.17, 15) is 14.9 Å². The molecule has 3 N–H and O–H groups in total. The Morgan fingerprint density at radius 1 is 1.38 bits per heavy atom. The number of carbonyl (C=O) groups is 1. The first kappa shape index (κ1) is 17.3. The Kier molecular flexibility index (Phi) is 4.76. The number of benzene rings is 1. The van der Waals surface area contributed by atoms with Gasteiger partial charge in [-0.15, -0.1) is 0 Å². The number of nitro groups is 1. The maximum Gasteiger partial charge on any atom is 0.269 e. The molecular formula is C16H16N6O4. The largest absolute Gasteiger partial charge is 0.383 e. The van der Waals surface area contributed by atoms with E-state index < -0.39 is 4.92 Å². The van der Waals surface area contributed by atoms with Gasteiger partial charge in [-0.05, 0) is 17.7 Å². The van der Waals surface area contributed by atoms with Gasteiger partial charge in [0.15, 0.2) is 5.82 Å². The summed E-state index contributed by atoms with van der Waals surface area (Å²) < 4.78 is 6.39. The van der Waals surface area contributed by atoms with Gasteiger partial charge in [0.05, 0.1) is 17.1 Å². The summed E-state index contributed by atoms with van der Waals surface area (Å²) in [5.74, 6) is -0.135. The quantitative estimate of drug-likeness (QED) is 0.385. The molecule has 3 aromatic rings. The zero-order valence-corrected chi connectivity index (χ0v) is 13.9. The minimum atomic E-state index is -0.489. The molecular weight excluding hydrogens is 340 g/mol. The standard InChI is InChI=1S/C16H16N6O4/c1-26-7-6-18-16(23)12-8-21-14(15(17)19-9-20-21)13(12)10-2-4-11(5-3-10)22(24)25/h2-5,8-9H,6-7H2,1H3,(H,18,23)(H2,17,19,20). The van der Waals surface area contributed by atoms with E-state index in [2.05, 4.69) is 15.4 Å². The van der Waals surface area contributed by atoms with E-state index in [1.165, 1.54) is 30.1 Å². The Hall–Kier alpha value is -3.53. The molecule has 0 atom stereocenters. The van der Waals surface area contributed by atoms with E-state index in [0.717, 1.165) is 0 Å². The molecule has 0 bridgehead atoms. The number of non-ortho nitro benzene ring substituents is 1. The Morgan fingerprint density at radius 3 is 2.77 bits per heavy atom. The Balaban J connectivity index is 2.13. The molecule has 0 fully saturated rings. The van der Waals surface area contributed by atoms with Gasteiger partial charge in [0.1, 0.15) is 11.8 Å². The average molecular weight is 356 g/mol. The van der Waals surface area contributed by atoms with Crippen molar-refractivity contribution in [3.63, 3.8) is 0 Å². The Bertz CT molecular complexity index is 967. The van der Waals surface area contributed by atoms with Gasteiger partial charge in [0.25, 0.3) is 11.6 Å². The third-order valence-corrected chi connectivity index (χ3v) is 3.81. The number of nitrogens with one attached hydrogen (secondary N) is 1. The summed E-state index contributed by atoms with van der Waals surface area (Å²) in [6.07, 6.45) is 2.83. The number of anilines is 1. The molecule has 10 heteroatoms. The first-order valence-electron chi connectivity index (χ1n) is 7.66. The second-order valence-electron chi connectivity index (χ2n) is 5.41. The molecule has 2 heterocycles. The number of methoxy groups -OCH3 is 1. The van der Waals surface area contributed by atoms with Crippen LogP contribution in [0.3, 0.4) is 0 Å². The molecule has 134 valence electrons. The molecule has 26 heavy (non-hydrogen) atoms. The van der Waals surface area contributed by atoms with Gasteiger partial charge in [-0.3, -0.25) is 14.9 Å². The number of hydrogen-bond acceptors (Lipinski definition) is 7. The molecule has 1 amide bonds. The maximum atomic E-state index is 12.6. The second-order valence-corrected chi connectivity index (χ2v) is 5.41. The average Bonchev–Trinajstić information content (AvgIpc) is 3.03. The number of nitrogen functional groups attached to an aromatic ring is 1. The smallest absolute Gasteiger partial charge is 0.269 e.